The standard InChI is InChI=1S/C16H14/c1-3-7-13-11(5-1)9-15-14-8-4-2-6-12(14)10-16(13)15/h1-8,15-16H,9-10H2/t15-,16-/m1/s1. The molecule has 0 radical (unpaired) electrons. The Bertz CT molecular complexity index is 502. The van der Waals surface area contributed by atoms with E-state index in [1.54, 1.807) is 22.3 Å². The van der Waals surface area contributed by atoms with E-state index >= 15 is 0 Å². The van der Waals surface area contributed by atoms with E-state index in [0.29, 0.717) is 0 Å². The van der Waals surface area contributed by atoms with Crippen molar-refractivity contribution in [2.45, 2.75) is 24.7 Å². The van der Waals surface area contributed by atoms with Gasteiger partial charge in [0.15, 0.2) is 0 Å². The monoisotopic (exact) mass is 206 g/mol. The van der Waals surface area contributed by atoms with Crippen LogP contribution in [0.4, 0.5) is 0 Å². The van der Waals surface area contributed by atoms with Crippen LogP contribution in [0.1, 0.15) is 34.1 Å². The molecule has 0 bridgehead atoms. The SMILES string of the molecule is c1ccc2c(c1)C[C@@H]1c3ccccc3C[C@H]21. The predicted octanol–water partition coefficient (Wildman–Crippen LogP) is 3.67. The summed E-state index contributed by atoms with van der Waals surface area (Å²) in [5.74, 6) is 1.52. The van der Waals surface area contributed by atoms with Crippen LogP contribution in [0.2, 0.25) is 0 Å². The first kappa shape index (κ1) is 8.58. The third-order valence-electron chi connectivity index (χ3n) is 4.27. The molecule has 0 aromatic heterocycles. The Balaban J connectivity index is 1.86. The van der Waals surface area contributed by atoms with Crippen LogP contribution in [-0.2, 0) is 12.8 Å². The highest BCUT2D eigenvalue weighted by Crippen LogP contribution is 2.51. The molecule has 2 aliphatic rings. The summed E-state index contributed by atoms with van der Waals surface area (Å²) >= 11 is 0. The number of benzene rings is 2. The van der Waals surface area contributed by atoms with E-state index in [1.165, 1.54) is 12.8 Å². The second-order valence-electron chi connectivity index (χ2n) is 5.02. The fourth-order valence-electron chi connectivity index (χ4n) is 3.58. The van der Waals surface area contributed by atoms with Crippen LogP contribution in [-0.4, -0.2) is 0 Å². The van der Waals surface area contributed by atoms with Crippen molar-refractivity contribution in [2.24, 2.45) is 0 Å². The summed E-state index contributed by atoms with van der Waals surface area (Å²) in [7, 11) is 0. The van der Waals surface area contributed by atoms with Crippen LogP contribution in [0.3, 0.4) is 0 Å². The highest BCUT2D eigenvalue weighted by Gasteiger charge is 2.38. The van der Waals surface area contributed by atoms with Crippen molar-refractivity contribution < 1.29 is 0 Å². The predicted molar refractivity (Wildman–Crippen MR) is 65.8 cm³/mol. The second kappa shape index (κ2) is 2.98. The first-order chi connectivity index (χ1) is 7.93. The summed E-state index contributed by atoms with van der Waals surface area (Å²) in [5, 5.41) is 0. The van der Waals surface area contributed by atoms with Gasteiger partial charge >= 0.3 is 0 Å². The summed E-state index contributed by atoms with van der Waals surface area (Å²) in [4.78, 5) is 0. The van der Waals surface area contributed by atoms with Crippen molar-refractivity contribution in [2.75, 3.05) is 0 Å². The maximum Gasteiger partial charge on any atom is -0.00465 e. The smallest absolute Gasteiger partial charge is 0.00465 e. The third kappa shape index (κ3) is 0.996. The first-order valence-corrected chi connectivity index (χ1v) is 6.09. The van der Waals surface area contributed by atoms with Crippen LogP contribution in [0.5, 0.6) is 0 Å². The molecule has 0 unspecified atom stereocenters. The van der Waals surface area contributed by atoms with Crippen molar-refractivity contribution in [3.8, 4) is 0 Å². The zero-order chi connectivity index (χ0) is 10.5. The molecule has 2 aromatic rings. The molecular weight excluding hydrogens is 192 g/mol. The minimum atomic E-state index is 0.758. The van der Waals surface area contributed by atoms with Gasteiger partial charge in [0.25, 0.3) is 0 Å². The molecule has 4 rings (SSSR count). The third-order valence-corrected chi connectivity index (χ3v) is 4.27. The average molecular weight is 206 g/mol. The van der Waals surface area contributed by atoms with E-state index in [1.807, 2.05) is 0 Å². The summed E-state index contributed by atoms with van der Waals surface area (Å²) in [6.45, 7) is 0. The summed E-state index contributed by atoms with van der Waals surface area (Å²) in [6, 6.07) is 18.0. The molecule has 0 saturated carbocycles. The topological polar surface area (TPSA) is 0 Å². The van der Waals surface area contributed by atoms with Gasteiger partial charge in [0.05, 0.1) is 0 Å². The van der Waals surface area contributed by atoms with Gasteiger partial charge in [-0.25, -0.2) is 0 Å². The van der Waals surface area contributed by atoms with Crippen molar-refractivity contribution >= 4 is 0 Å². The van der Waals surface area contributed by atoms with E-state index in [2.05, 4.69) is 48.5 Å². The van der Waals surface area contributed by atoms with Crippen molar-refractivity contribution in [1.82, 2.24) is 0 Å². The van der Waals surface area contributed by atoms with Gasteiger partial charge in [0.1, 0.15) is 0 Å². The largest absolute Gasteiger partial charge is 0.0620 e. The Morgan fingerprint density at radius 2 is 1.06 bits per heavy atom. The summed E-state index contributed by atoms with van der Waals surface area (Å²) < 4.78 is 0. The lowest BCUT2D eigenvalue weighted by molar-refractivity contribution is 0.633. The minimum absolute atomic E-state index is 0.758. The summed E-state index contributed by atoms with van der Waals surface area (Å²) in [5.41, 5.74) is 6.35. The minimum Gasteiger partial charge on any atom is -0.0620 e. The van der Waals surface area contributed by atoms with Crippen LogP contribution >= 0.6 is 0 Å². The molecule has 0 amide bonds. The average Bonchev–Trinajstić information content (AvgIpc) is 2.85. The van der Waals surface area contributed by atoms with E-state index < -0.39 is 0 Å². The molecule has 0 spiro atoms. The molecule has 0 N–H and O–H groups in total. The van der Waals surface area contributed by atoms with Crippen LogP contribution < -0.4 is 0 Å². The van der Waals surface area contributed by atoms with E-state index in [0.717, 1.165) is 11.8 Å². The second-order valence-corrected chi connectivity index (χ2v) is 5.02. The van der Waals surface area contributed by atoms with Crippen molar-refractivity contribution in [1.29, 1.82) is 0 Å². The van der Waals surface area contributed by atoms with Gasteiger partial charge in [-0.3, -0.25) is 0 Å². The molecule has 2 aliphatic carbocycles. The van der Waals surface area contributed by atoms with Crippen LogP contribution in [0.15, 0.2) is 48.5 Å². The van der Waals surface area contributed by atoms with E-state index in [4.69, 9.17) is 0 Å². The van der Waals surface area contributed by atoms with Gasteiger partial charge in [-0.15, -0.1) is 0 Å². The Hall–Kier alpha value is -1.56. The molecular formula is C16H14. The molecule has 0 nitrogen and oxygen atoms in total. The maximum absolute atomic E-state index is 2.33. The van der Waals surface area contributed by atoms with Gasteiger partial charge < -0.3 is 0 Å². The number of fused-ring (bicyclic) bond motifs is 5. The van der Waals surface area contributed by atoms with Crippen LogP contribution in [0, 0.1) is 0 Å². The fraction of sp³-hybridized carbons (Fsp3) is 0.250. The van der Waals surface area contributed by atoms with E-state index in [-0.39, 0.29) is 0 Å². The lowest BCUT2D eigenvalue weighted by atomic mass is 9.94. The molecule has 78 valence electrons. The zero-order valence-corrected chi connectivity index (χ0v) is 9.19. The van der Waals surface area contributed by atoms with Gasteiger partial charge in [0.2, 0.25) is 0 Å². The normalized spacial score (nSPS) is 25.0. The lowest BCUT2D eigenvalue weighted by Gasteiger charge is -2.09. The molecule has 0 heterocycles. The molecule has 2 aromatic carbocycles. The molecule has 16 heavy (non-hydrogen) atoms. The Kier molecular flexibility index (Phi) is 1.59. The van der Waals surface area contributed by atoms with Crippen molar-refractivity contribution in [3.05, 3.63) is 70.8 Å². The highest BCUT2D eigenvalue weighted by atomic mass is 14.4. The van der Waals surface area contributed by atoms with Crippen molar-refractivity contribution in [3.63, 3.8) is 0 Å². The Morgan fingerprint density at radius 3 is 1.56 bits per heavy atom. The molecule has 0 fully saturated rings. The molecule has 2 atom stereocenters. The lowest BCUT2D eigenvalue weighted by Crippen LogP contribution is -1.98. The van der Waals surface area contributed by atoms with Gasteiger partial charge in [0, 0.05) is 0 Å². The summed E-state index contributed by atoms with van der Waals surface area (Å²) in [6.07, 6.45) is 2.50. The number of rotatable bonds is 0. The van der Waals surface area contributed by atoms with Gasteiger partial charge in [-0.1, -0.05) is 48.5 Å². The highest BCUT2D eigenvalue weighted by molar-refractivity contribution is 5.49. The molecule has 0 heteroatoms. The maximum atomic E-state index is 2.33. The number of hydrogen-bond donors (Lipinski definition) is 0. The van der Waals surface area contributed by atoms with Gasteiger partial charge in [-0.2, -0.15) is 0 Å². The Labute approximate surface area is 95.9 Å². The fourth-order valence-corrected chi connectivity index (χ4v) is 3.58. The van der Waals surface area contributed by atoms with Crippen LogP contribution in [0.25, 0.3) is 0 Å². The van der Waals surface area contributed by atoms with E-state index in [9.17, 15) is 0 Å². The first-order valence-electron chi connectivity index (χ1n) is 6.09. The molecule has 0 aliphatic heterocycles. The molecule has 0 saturated heterocycles. The Morgan fingerprint density at radius 1 is 0.625 bits per heavy atom. The zero-order valence-electron chi connectivity index (χ0n) is 9.19. The quantitative estimate of drug-likeness (QED) is 0.617. The van der Waals surface area contributed by atoms with Gasteiger partial charge in [-0.05, 0) is 46.9 Å². The number of hydrogen-bond acceptors (Lipinski definition) is 0.